The van der Waals surface area contributed by atoms with E-state index in [1.165, 1.54) is 0 Å². The molecular formula is C49H32N4O. The van der Waals surface area contributed by atoms with Crippen LogP contribution < -0.4 is 4.90 Å². The van der Waals surface area contributed by atoms with E-state index in [2.05, 4.69) is 126 Å². The van der Waals surface area contributed by atoms with E-state index in [0.717, 1.165) is 77.6 Å². The lowest BCUT2D eigenvalue weighted by Crippen LogP contribution is -2.09. The molecule has 10 rings (SSSR count). The maximum Gasteiger partial charge on any atom is 0.164 e. The third-order valence-corrected chi connectivity index (χ3v) is 9.91. The van der Waals surface area contributed by atoms with Gasteiger partial charge in [0.1, 0.15) is 11.2 Å². The molecule has 0 fully saturated rings. The first-order chi connectivity index (χ1) is 26.8. The number of furan rings is 1. The molecule has 2 aromatic heterocycles. The van der Waals surface area contributed by atoms with E-state index in [0.29, 0.717) is 17.5 Å². The normalized spacial score (nSPS) is 11.3. The molecule has 10 aromatic rings. The first-order valence-electron chi connectivity index (χ1n) is 18.0. The highest BCUT2D eigenvalue weighted by Gasteiger charge is 2.19. The lowest BCUT2D eigenvalue weighted by atomic mass is 9.97. The number of rotatable bonds is 7. The van der Waals surface area contributed by atoms with Crippen LogP contribution in [-0.4, -0.2) is 15.0 Å². The lowest BCUT2D eigenvalue weighted by molar-refractivity contribution is 0.669. The Morgan fingerprint density at radius 3 is 1.41 bits per heavy atom. The van der Waals surface area contributed by atoms with Crippen molar-refractivity contribution in [2.45, 2.75) is 0 Å². The summed E-state index contributed by atoms with van der Waals surface area (Å²) >= 11 is 0. The standard InChI is InChI=1S/C49H32N4O/c1-5-15-34(16-6-1)47-50-48(35-17-7-2-8-18-35)52-49(51-47)43-32-45-46(41-24-14-13-23-40(41)43)42-30-27-36(31-44(42)54-45)33-25-28-39(29-26-33)53(37-19-9-3-10-20-37)38-21-11-4-12-22-38/h1-32H. The number of para-hydroxylation sites is 2. The fourth-order valence-corrected chi connectivity index (χ4v) is 7.34. The minimum Gasteiger partial charge on any atom is -0.456 e. The Morgan fingerprint density at radius 2 is 0.815 bits per heavy atom. The number of benzene rings is 8. The quantitative estimate of drug-likeness (QED) is 0.166. The van der Waals surface area contributed by atoms with Gasteiger partial charge in [-0.2, -0.15) is 0 Å². The van der Waals surface area contributed by atoms with Crippen LogP contribution in [0.4, 0.5) is 17.1 Å². The fourth-order valence-electron chi connectivity index (χ4n) is 7.34. The van der Waals surface area contributed by atoms with Crippen LogP contribution in [0.5, 0.6) is 0 Å². The molecule has 0 saturated heterocycles. The molecule has 254 valence electrons. The Labute approximate surface area is 312 Å². The van der Waals surface area contributed by atoms with Gasteiger partial charge in [-0.15, -0.1) is 0 Å². The molecule has 0 bridgehead atoms. The highest BCUT2D eigenvalue weighted by atomic mass is 16.3. The number of fused-ring (bicyclic) bond motifs is 5. The maximum atomic E-state index is 6.71. The van der Waals surface area contributed by atoms with Crippen molar-refractivity contribution in [1.82, 2.24) is 15.0 Å². The lowest BCUT2D eigenvalue weighted by Gasteiger charge is -2.25. The summed E-state index contributed by atoms with van der Waals surface area (Å²) in [4.78, 5) is 17.3. The Hall–Kier alpha value is -7.37. The zero-order valence-electron chi connectivity index (χ0n) is 29.2. The summed E-state index contributed by atoms with van der Waals surface area (Å²) in [5.74, 6) is 1.85. The largest absolute Gasteiger partial charge is 0.456 e. The van der Waals surface area contributed by atoms with Crippen LogP contribution in [0, 0.1) is 0 Å². The molecule has 0 amide bonds. The van der Waals surface area contributed by atoms with Crippen molar-refractivity contribution in [3.05, 3.63) is 194 Å². The molecule has 54 heavy (non-hydrogen) atoms. The summed E-state index contributed by atoms with van der Waals surface area (Å²) in [5, 5.41) is 4.29. The molecule has 0 aliphatic rings. The number of hydrogen-bond donors (Lipinski definition) is 0. The molecule has 2 heterocycles. The highest BCUT2D eigenvalue weighted by molar-refractivity contribution is 6.22. The minimum absolute atomic E-state index is 0.599. The second kappa shape index (κ2) is 13.3. The average molecular weight is 693 g/mol. The van der Waals surface area contributed by atoms with E-state index in [-0.39, 0.29) is 0 Å². The van der Waals surface area contributed by atoms with E-state index in [9.17, 15) is 0 Å². The van der Waals surface area contributed by atoms with Crippen molar-refractivity contribution in [1.29, 1.82) is 0 Å². The van der Waals surface area contributed by atoms with Crippen LogP contribution in [0.3, 0.4) is 0 Å². The third kappa shape index (κ3) is 5.65. The van der Waals surface area contributed by atoms with Crippen LogP contribution >= 0.6 is 0 Å². The van der Waals surface area contributed by atoms with Crippen LogP contribution in [0.25, 0.3) is 78.0 Å². The van der Waals surface area contributed by atoms with Gasteiger partial charge in [0.05, 0.1) is 0 Å². The van der Waals surface area contributed by atoms with Gasteiger partial charge in [-0.25, -0.2) is 15.0 Å². The molecule has 0 saturated carbocycles. The smallest absolute Gasteiger partial charge is 0.164 e. The van der Waals surface area contributed by atoms with Gasteiger partial charge in [-0.3, -0.25) is 0 Å². The van der Waals surface area contributed by atoms with Gasteiger partial charge in [0, 0.05) is 44.5 Å². The summed E-state index contributed by atoms with van der Waals surface area (Å²) in [5.41, 5.74) is 9.87. The molecule has 0 aliphatic carbocycles. The van der Waals surface area contributed by atoms with Crippen molar-refractivity contribution in [2.75, 3.05) is 4.90 Å². The first-order valence-corrected chi connectivity index (χ1v) is 18.0. The minimum atomic E-state index is 0.599. The highest BCUT2D eigenvalue weighted by Crippen LogP contribution is 2.41. The molecule has 0 unspecified atom stereocenters. The topological polar surface area (TPSA) is 55.1 Å². The number of nitrogens with zero attached hydrogens (tertiary/aromatic N) is 4. The zero-order chi connectivity index (χ0) is 35.8. The van der Waals surface area contributed by atoms with E-state index in [1.807, 2.05) is 72.8 Å². The van der Waals surface area contributed by atoms with Crippen LogP contribution in [0.15, 0.2) is 199 Å². The monoisotopic (exact) mass is 692 g/mol. The molecule has 0 aliphatic heterocycles. The van der Waals surface area contributed by atoms with Gasteiger partial charge in [0.2, 0.25) is 0 Å². The van der Waals surface area contributed by atoms with Crippen LogP contribution in [-0.2, 0) is 0 Å². The Bertz CT molecular complexity index is 2810. The zero-order valence-corrected chi connectivity index (χ0v) is 29.2. The molecule has 0 N–H and O–H groups in total. The molecule has 8 aromatic carbocycles. The third-order valence-electron chi connectivity index (χ3n) is 9.91. The predicted molar refractivity (Wildman–Crippen MR) is 221 cm³/mol. The van der Waals surface area contributed by atoms with Crippen molar-refractivity contribution >= 4 is 49.8 Å². The second-order valence-corrected chi connectivity index (χ2v) is 13.2. The van der Waals surface area contributed by atoms with Crippen molar-refractivity contribution < 1.29 is 4.42 Å². The SMILES string of the molecule is c1ccc(-c2nc(-c3ccccc3)nc(-c3cc4oc5cc(-c6ccc(N(c7ccccc7)c7ccccc7)cc6)ccc5c4c4ccccc34)n2)cc1. The predicted octanol–water partition coefficient (Wildman–Crippen LogP) is 13.1. The molecular weight excluding hydrogens is 661 g/mol. The van der Waals surface area contributed by atoms with Gasteiger partial charge in [-0.1, -0.05) is 140 Å². The molecule has 0 radical (unpaired) electrons. The van der Waals surface area contributed by atoms with E-state index < -0.39 is 0 Å². The van der Waals surface area contributed by atoms with Gasteiger partial charge >= 0.3 is 0 Å². The van der Waals surface area contributed by atoms with Gasteiger partial charge < -0.3 is 9.32 Å². The first kappa shape index (κ1) is 31.4. The van der Waals surface area contributed by atoms with Crippen LogP contribution in [0.2, 0.25) is 0 Å². The second-order valence-electron chi connectivity index (χ2n) is 13.2. The van der Waals surface area contributed by atoms with E-state index in [1.54, 1.807) is 0 Å². The Morgan fingerprint density at radius 1 is 0.333 bits per heavy atom. The van der Waals surface area contributed by atoms with Gasteiger partial charge in [0.25, 0.3) is 0 Å². The maximum absolute atomic E-state index is 6.71. The van der Waals surface area contributed by atoms with Crippen molar-refractivity contribution in [3.63, 3.8) is 0 Å². The van der Waals surface area contributed by atoms with Crippen molar-refractivity contribution in [2.24, 2.45) is 0 Å². The average Bonchev–Trinajstić information content (AvgIpc) is 3.63. The molecule has 0 atom stereocenters. The fraction of sp³-hybridized carbons (Fsp3) is 0. The van der Waals surface area contributed by atoms with E-state index in [4.69, 9.17) is 19.4 Å². The molecule has 5 nitrogen and oxygen atoms in total. The van der Waals surface area contributed by atoms with Crippen molar-refractivity contribution in [3.8, 4) is 45.3 Å². The van der Waals surface area contributed by atoms with E-state index >= 15 is 0 Å². The van der Waals surface area contributed by atoms with Crippen LogP contribution in [0.1, 0.15) is 0 Å². The summed E-state index contributed by atoms with van der Waals surface area (Å²) < 4.78 is 6.71. The molecule has 5 heteroatoms. The number of hydrogen-bond acceptors (Lipinski definition) is 5. The summed E-state index contributed by atoms with van der Waals surface area (Å²) in [7, 11) is 0. The number of aromatic nitrogens is 3. The Kier molecular flexibility index (Phi) is 7.73. The summed E-state index contributed by atoms with van der Waals surface area (Å²) in [6.07, 6.45) is 0. The summed E-state index contributed by atoms with van der Waals surface area (Å²) in [6, 6.07) is 66.8. The number of anilines is 3. The van der Waals surface area contributed by atoms with Gasteiger partial charge in [-0.05, 0) is 76.5 Å². The molecule has 0 spiro atoms. The summed E-state index contributed by atoms with van der Waals surface area (Å²) in [6.45, 7) is 0. The Balaban J connectivity index is 1.08. The van der Waals surface area contributed by atoms with Gasteiger partial charge in [0.15, 0.2) is 17.5 Å².